The molecule has 0 spiro atoms. The zero-order chi connectivity index (χ0) is 14.7. The van der Waals surface area contributed by atoms with E-state index in [1.54, 1.807) is 11.3 Å². The van der Waals surface area contributed by atoms with Crippen LogP contribution in [0.4, 0.5) is 0 Å². The minimum absolute atomic E-state index is 0.184. The molecule has 3 rings (SSSR count). The zero-order valence-corrected chi connectivity index (χ0v) is 12.4. The fourth-order valence-electron chi connectivity index (χ4n) is 2.87. The van der Waals surface area contributed by atoms with Crippen molar-refractivity contribution in [3.05, 3.63) is 57.3 Å². The molecule has 1 aromatic carbocycles. The summed E-state index contributed by atoms with van der Waals surface area (Å²) in [5.74, 6) is 0.160. The number of hydrogen-bond acceptors (Lipinski definition) is 4. The Hall–Kier alpha value is -2.12. The summed E-state index contributed by atoms with van der Waals surface area (Å²) in [7, 11) is 0. The van der Waals surface area contributed by atoms with Gasteiger partial charge in [0.25, 0.3) is 0 Å². The molecule has 3 nitrogen and oxygen atoms in total. The van der Waals surface area contributed by atoms with E-state index in [4.69, 9.17) is 10.00 Å². The summed E-state index contributed by atoms with van der Waals surface area (Å²) in [6.07, 6.45) is 2.93. The van der Waals surface area contributed by atoms with Gasteiger partial charge in [-0.1, -0.05) is 30.3 Å². The monoisotopic (exact) mass is 297 g/mol. The van der Waals surface area contributed by atoms with E-state index in [1.807, 2.05) is 17.5 Å². The molecule has 1 atom stereocenters. The zero-order valence-electron chi connectivity index (χ0n) is 11.5. The third-order valence-corrected chi connectivity index (χ3v) is 4.97. The van der Waals surface area contributed by atoms with Crippen molar-refractivity contribution in [3.8, 4) is 6.07 Å². The van der Waals surface area contributed by atoms with Crippen molar-refractivity contribution in [2.24, 2.45) is 0 Å². The highest BCUT2D eigenvalue weighted by Crippen LogP contribution is 2.37. The molecule has 21 heavy (non-hydrogen) atoms. The Balaban J connectivity index is 1.78. The van der Waals surface area contributed by atoms with Gasteiger partial charge >= 0.3 is 5.97 Å². The van der Waals surface area contributed by atoms with Crippen molar-refractivity contribution in [1.29, 1.82) is 5.26 Å². The van der Waals surface area contributed by atoms with Crippen LogP contribution in [0, 0.1) is 11.3 Å². The number of benzene rings is 1. The van der Waals surface area contributed by atoms with Gasteiger partial charge in [0.1, 0.15) is 6.07 Å². The van der Waals surface area contributed by atoms with Gasteiger partial charge in [0, 0.05) is 10.3 Å². The first-order valence-corrected chi connectivity index (χ1v) is 7.86. The summed E-state index contributed by atoms with van der Waals surface area (Å²) in [6, 6.07) is 12.4. The molecule has 1 unspecified atom stereocenters. The summed E-state index contributed by atoms with van der Waals surface area (Å²) >= 11 is 1.63. The smallest absolute Gasteiger partial charge is 0.340 e. The Morgan fingerprint density at radius 2 is 2.19 bits per heavy atom. The van der Waals surface area contributed by atoms with Crippen LogP contribution in [0.2, 0.25) is 0 Å². The third-order valence-electron chi connectivity index (χ3n) is 3.91. The fourth-order valence-corrected chi connectivity index (χ4v) is 4.02. The number of esters is 1. The molecule has 0 fully saturated rings. The highest BCUT2D eigenvalue weighted by atomic mass is 32.1. The summed E-state index contributed by atoms with van der Waals surface area (Å²) in [4.78, 5) is 13.2. The number of carbonyl (C=O) groups is 1. The first-order chi connectivity index (χ1) is 10.3. The Labute approximate surface area is 127 Å². The maximum absolute atomic E-state index is 11.9. The van der Waals surface area contributed by atoms with E-state index >= 15 is 0 Å². The van der Waals surface area contributed by atoms with Gasteiger partial charge in [0.2, 0.25) is 0 Å². The normalized spacial score (nSPS) is 16.8. The van der Waals surface area contributed by atoms with E-state index in [2.05, 4.69) is 24.3 Å². The van der Waals surface area contributed by atoms with Gasteiger partial charge < -0.3 is 4.74 Å². The molecule has 1 aliphatic carbocycles. The molecule has 0 aliphatic heterocycles. The molecule has 4 heteroatoms. The number of carbonyl (C=O) groups excluding carboxylic acids is 1. The number of ether oxygens (including phenoxy) is 1. The SMILES string of the molecule is N#CCOC(=O)c1csc2c1CCC(c1ccccc1)C2. The molecule has 0 N–H and O–H groups in total. The largest absolute Gasteiger partial charge is 0.447 e. The van der Waals surface area contributed by atoms with Crippen molar-refractivity contribution in [2.75, 3.05) is 6.61 Å². The Morgan fingerprint density at radius 3 is 2.95 bits per heavy atom. The molecule has 0 saturated heterocycles. The molecule has 2 aromatic rings. The highest BCUT2D eigenvalue weighted by Gasteiger charge is 2.26. The number of thiophene rings is 1. The second-order valence-corrected chi connectivity index (χ2v) is 6.10. The Morgan fingerprint density at radius 1 is 1.38 bits per heavy atom. The average molecular weight is 297 g/mol. The molecule has 1 aliphatic rings. The molecular formula is C17H15NO2S. The van der Waals surface area contributed by atoms with Crippen molar-refractivity contribution in [2.45, 2.75) is 25.2 Å². The van der Waals surface area contributed by atoms with Crippen LogP contribution < -0.4 is 0 Å². The van der Waals surface area contributed by atoms with Crippen LogP contribution >= 0.6 is 11.3 Å². The van der Waals surface area contributed by atoms with Crippen LogP contribution in [0.25, 0.3) is 0 Å². The lowest BCUT2D eigenvalue weighted by molar-refractivity contribution is 0.0554. The maximum atomic E-state index is 11.9. The van der Waals surface area contributed by atoms with Crippen LogP contribution in [-0.4, -0.2) is 12.6 Å². The first kappa shape index (κ1) is 13.8. The van der Waals surface area contributed by atoms with Crippen LogP contribution in [0.15, 0.2) is 35.7 Å². The molecule has 1 aromatic heterocycles. The molecule has 0 radical (unpaired) electrons. The minimum Gasteiger partial charge on any atom is -0.447 e. The van der Waals surface area contributed by atoms with E-state index in [0.717, 1.165) is 24.8 Å². The molecule has 0 bridgehead atoms. The van der Waals surface area contributed by atoms with Gasteiger partial charge in [-0.2, -0.15) is 5.26 Å². The Bertz CT molecular complexity index is 685. The van der Waals surface area contributed by atoms with Gasteiger partial charge in [-0.15, -0.1) is 11.3 Å². The number of rotatable bonds is 3. The molecule has 0 amide bonds. The third kappa shape index (κ3) is 2.84. The van der Waals surface area contributed by atoms with Gasteiger partial charge in [-0.3, -0.25) is 0 Å². The molecule has 0 saturated carbocycles. The summed E-state index contributed by atoms with van der Waals surface area (Å²) < 4.78 is 4.92. The highest BCUT2D eigenvalue weighted by molar-refractivity contribution is 7.10. The van der Waals surface area contributed by atoms with E-state index in [9.17, 15) is 4.79 Å². The number of hydrogen-bond donors (Lipinski definition) is 0. The van der Waals surface area contributed by atoms with Crippen LogP contribution in [-0.2, 0) is 17.6 Å². The summed E-state index contributed by atoms with van der Waals surface area (Å²) in [5, 5.41) is 10.4. The lowest BCUT2D eigenvalue weighted by atomic mass is 9.83. The second kappa shape index (κ2) is 6.11. The predicted molar refractivity (Wildman–Crippen MR) is 81.4 cm³/mol. The van der Waals surface area contributed by atoms with Gasteiger partial charge in [-0.25, -0.2) is 4.79 Å². The molecule has 106 valence electrons. The summed E-state index contributed by atoms with van der Waals surface area (Å²) in [6.45, 7) is -0.184. The van der Waals surface area contributed by atoms with Gasteiger partial charge in [-0.05, 0) is 36.3 Å². The number of fused-ring (bicyclic) bond motifs is 1. The van der Waals surface area contributed by atoms with Gasteiger partial charge in [0.15, 0.2) is 6.61 Å². The van der Waals surface area contributed by atoms with Crippen molar-refractivity contribution in [3.63, 3.8) is 0 Å². The van der Waals surface area contributed by atoms with E-state index in [1.165, 1.54) is 10.4 Å². The quantitative estimate of drug-likeness (QED) is 0.812. The van der Waals surface area contributed by atoms with Crippen molar-refractivity contribution < 1.29 is 9.53 Å². The van der Waals surface area contributed by atoms with E-state index in [-0.39, 0.29) is 12.6 Å². The number of nitrogens with zero attached hydrogens (tertiary/aromatic N) is 1. The maximum Gasteiger partial charge on any atom is 0.340 e. The second-order valence-electron chi connectivity index (χ2n) is 5.14. The predicted octanol–water partition coefficient (Wildman–Crippen LogP) is 3.70. The molecule has 1 heterocycles. The lowest BCUT2D eigenvalue weighted by Gasteiger charge is -2.23. The minimum atomic E-state index is -0.368. The van der Waals surface area contributed by atoms with Crippen LogP contribution in [0.1, 0.15) is 38.7 Å². The Kier molecular flexibility index (Phi) is 4.03. The van der Waals surface area contributed by atoms with Gasteiger partial charge in [0.05, 0.1) is 5.56 Å². The topological polar surface area (TPSA) is 50.1 Å². The average Bonchev–Trinajstić information content (AvgIpc) is 2.96. The standard InChI is InChI=1S/C17H15NO2S/c18-8-9-20-17(19)15-11-21-16-10-13(6-7-14(15)16)12-4-2-1-3-5-12/h1-5,11,13H,6-7,9-10H2. The van der Waals surface area contributed by atoms with Crippen LogP contribution in [0.5, 0.6) is 0 Å². The van der Waals surface area contributed by atoms with Crippen LogP contribution in [0.3, 0.4) is 0 Å². The number of nitriles is 1. The van der Waals surface area contributed by atoms with E-state index in [0.29, 0.717) is 11.5 Å². The van der Waals surface area contributed by atoms with E-state index < -0.39 is 0 Å². The fraction of sp³-hybridized carbons (Fsp3) is 0.294. The first-order valence-electron chi connectivity index (χ1n) is 6.98. The van der Waals surface area contributed by atoms with Crippen molar-refractivity contribution in [1.82, 2.24) is 0 Å². The lowest BCUT2D eigenvalue weighted by Crippen LogP contribution is -2.14. The molecular weight excluding hydrogens is 282 g/mol. The summed E-state index contributed by atoms with van der Waals surface area (Å²) in [5.41, 5.74) is 3.14. The van der Waals surface area contributed by atoms with Crippen molar-refractivity contribution >= 4 is 17.3 Å².